The van der Waals surface area contributed by atoms with Gasteiger partial charge in [0, 0.05) is 12.0 Å². The molecule has 2 aromatic carbocycles. The van der Waals surface area contributed by atoms with Crippen LogP contribution >= 0.6 is 11.8 Å². The first kappa shape index (κ1) is 31.5. The fraction of sp³-hybridized carbons (Fsp3) is 0.429. The zero-order valence-electron chi connectivity index (χ0n) is 22.9. The average Bonchev–Trinajstić information content (AvgIpc) is 2.93. The third-order valence-electron chi connectivity index (χ3n) is 6.01. The molecule has 3 atom stereocenters. The molecule has 0 spiro atoms. The van der Waals surface area contributed by atoms with E-state index in [1.165, 1.54) is 44.2 Å². The SMILES string of the molecule is COC(=O)[C@H](CCSC)NC(=O)[C@H](Cc1ccccc1)NC(=O)[C@@H](NC(=O)c1ccc(OC)c(O)c1)C(C)C. The maximum Gasteiger partial charge on any atom is 0.328 e. The van der Waals surface area contributed by atoms with E-state index < -0.39 is 41.8 Å². The highest BCUT2D eigenvalue weighted by Crippen LogP contribution is 2.26. The summed E-state index contributed by atoms with van der Waals surface area (Å²) in [4.78, 5) is 51.9. The van der Waals surface area contributed by atoms with Crippen LogP contribution < -0.4 is 20.7 Å². The number of hydrogen-bond donors (Lipinski definition) is 4. The van der Waals surface area contributed by atoms with E-state index in [1.54, 1.807) is 13.8 Å². The molecule has 212 valence electrons. The number of thioether (sulfide) groups is 1. The lowest BCUT2D eigenvalue weighted by atomic mass is 10.00. The molecule has 0 aliphatic carbocycles. The van der Waals surface area contributed by atoms with Crippen LogP contribution in [0.5, 0.6) is 11.5 Å². The molecule has 10 nitrogen and oxygen atoms in total. The van der Waals surface area contributed by atoms with Crippen LogP contribution in [0.25, 0.3) is 0 Å². The minimum absolute atomic E-state index is 0.139. The molecule has 2 rings (SSSR count). The van der Waals surface area contributed by atoms with Gasteiger partial charge in [-0.05, 0) is 48.1 Å². The highest BCUT2D eigenvalue weighted by molar-refractivity contribution is 7.98. The topological polar surface area (TPSA) is 143 Å². The lowest BCUT2D eigenvalue weighted by molar-refractivity contribution is -0.145. The van der Waals surface area contributed by atoms with Crippen molar-refractivity contribution in [2.45, 2.75) is 44.8 Å². The fourth-order valence-electron chi connectivity index (χ4n) is 3.81. The van der Waals surface area contributed by atoms with E-state index in [4.69, 9.17) is 9.47 Å². The fourth-order valence-corrected chi connectivity index (χ4v) is 4.28. The molecule has 0 bridgehead atoms. The molecule has 0 aromatic heterocycles. The minimum atomic E-state index is -1.02. The average molecular weight is 560 g/mol. The van der Waals surface area contributed by atoms with Crippen molar-refractivity contribution in [3.05, 3.63) is 59.7 Å². The van der Waals surface area contributed by atoms with Crippen LogP contribution in [-0.2, 0) is 25.5 Å². The van der Waals surface area contributed by atoms with Crippen molar-refractivity contribution < 1.29 is 33.8 Å². The Labute approximate surface area is 233 Å². The normalized spacial score (nSPS) is 13.1. The smallest absolute Gasteiger partial charge is 0.328 e. The zero-order valence-corrected chi connectivity index (χ0v) is 23.7. The van der Waals surface area contributed by atoms with E-state index in [-0.39, 0.29) is 29.4 Å². The largest absolute Gasteiger partial charge is 0.504 e. The maximum atomic E-state index is 13.4. The summed E-state index contributed by atoms with van der Waals surface area (Å²) >= 11 is 1.53. The summed E-state index contributed by atoms with van der Waals surface area (Å²) < 4.78 is 9.85. The number of rotatable bonds is 14. The summed E-state index contributed by atoms with van der Waals surface area (Å²) in [6, 6.07) is 10.4. The number of methoxy groups -OCH3 is 2. The Kier molecular flexibility index (Phi) is 12.6. The van der Waals surface area contributed by atoms with Crippen LogP contribution in [0.1, 0.15) is 36.2 Å². The highest BCUT2D eigenvalue weighted by atomic mass is 32.2. The molecule has 2 aromatic rings. The maximum absolute atomic E-state index is 13.4. The summed E-state index contributed by atoms with van der Waals surface area (Å²) in [6.45, 7) is 3.52. The second-order valence-electron chi connectivity index (χ2n) is 9.20. The number of phenols is 1. The molecule has 0 aliphatic rings. The second-order valence-corrected chi connectivity index (χ2v) is 10.2. The first-order chi connectivity index (χ1) is 18.6. The van der Waals surface area contributed by atoms with E-state index in [2.05, 4.69) is 16.0 Å². The van der Waals surface area contributed by atoms with Gasteiger partial charge in [-0.3, -0.25) is 14.4 Å². The predicted molar refractivity (Wildman–Crippen MR) is 150 cm³/mol. The van der Waals surface area contributed by atoms with Gasteiger partial charge < -0.3 is 30.5 Å². The Morgan fingerprint density at radius 3 is 2.15 bits per heavy atom. The minimum Gasteiger partial charge on any atom is -0.504 e. The monoisotopic (exact) mass is 559 g/mol. The number of benzene rings is 2. The lowest BCUT2D eigenvalue weighted by Crippen LogP contribution is -2.57. The highest BCUT2D eigenvalue weighted by Gasteiger charge is 2.31. The van der Waals surface area contributed by atoms with Crippen molar-refractivity contribution in [2.24, 2.45) is 5.92 Å². The molecule has 0 saturated carbocycles. The summed E-state index contributed by atoms with van der Waals surface area (Å²) in [6.07, 6.45) is 2.42. The Morgan fingerprint density at radius 1 is 0.923 bits per heavy atom. The molecule has 39 heavy (non-hydrogen) atoms. The van der Waals surface area contributed by atoms with Crippen LogP contribution in [0.3, 0.4) is 0 Å². The number of nitrogens with one attached hydrogen (secondary N) is 3. The van der Waals surface area contributed by atoms with Gasteiger partial charge in [0.1, 0.15) is 18.1 Å². The zero-order chi connectivity index (χ0) is 28.9. The van der Waals surface area contributed by atoms with Crippen LogP contribution in [0.15, 0.2) is 48.5 Å². The second kappa shape index (κ2) is 15.6. The van der Waals surface area contributed by atoms with Crippen LogP contribution in [0.4, 0.5) is 0 Å². The number of amides is 3. The Balaban J connectivity index is 2.25. The molecule has 0 aliphatic heterocycles. The Hall–Kier alpha value is -3.73. The third-order valence-corrected chi connectivity index (χ3v) is 6.65. The van der Waals surface area contributed by atoms with Gasteiger partial charge in [-0.1, -0.05) is 44.2 Å². The van der Waals surface area contributed by atoms with Crippen molar-refractivity contribution in [3.63, 3.8) is 0 Å². The number of carbonyl (C=O) groups is 4. The van der Waals surface area contributed by atoms with E-state index in [9.17, 15) is 24.3 Å². The number of ether oxygens (including phenoxy) is 2. The molecular weight excluding hydrogens is 522 g/mol. The van der Waals surface area contributed by atoms with Gasteiger partial charge in [0.25, 0.3) is 5.91 Å². The van der Waals surface area contributed by atoms with Gasteiger partial charge in [0.15, 0.2) is 11.5 Å². The van der Waals surface area contributed by atoms with Gasteiger partial charge >= 0.3 is 5.97 Å². The Morgan fingerprint density at radius 2 is 1.59 bits per heavy atom. The molecule has 0 saturated heterocycles. The van der Waals surface area contributed by atoms with Gasteiger partial charge in [-0.2, -0.15) is 11.8 Å². The molecule has 11 heteroatoms. The van der Waals surface area contributed by atoms with E-state index in [0.29, 0.717) is 12.2 Å². The van der Waals surface area contributed by atoms with Gasteiger partial charge in [0.2, 0.25) is 11.8 Å². The summed E-state index contributed by atoms with van der Waals surface area (Å²) in [5.74, 6) is -1.96. The summed E-state index contributed by atoms with van der Waals surface area (Å²) in [7, 11) is 2.65. The van der Waals surface area contributed by atoms with E-state index >= 15 is 0 Å². The quantitative estimate of drug-likeness (QED) is 0.258. The molecule has 0 unspecified atom stereocenters. The number of hydrogen-bond acceptors (Lipinski definition) is 8. The standard InChI is InChI=1S/C28H37N3O7S/c1-17(2)24(31-25(33)19-11-12-23(37-3)22(32)16-19)27(35)30-21(15-18-9-7-6-8-10-18)26(34)29-20(13-14-39-5)28(36)38-4/h6-12,16-17,20-21,24,32H,13-15H2,1-5H3,(H,29,34)(H,30,35)(H,31,33)/t20-,21-,24-/m0/s1. The molecule has 0 fully saturated rings. The number of aromatic hydroxyl groups is 1. The van der Waals surface area contributed by atoms with Crippen molar-refractivity contribution in [1.82, 2.24) is 16.0 Å². The van der Waals surface area contributed by atoms with Gasteiger partial charge in [-0.15, -0.1) is 0 Å². The van der Waals surface area contributed by atoms with Crippen LogP contribution in [0.2, 0.25) is 0 Å². The van der Waals surface area contributed by atoms with Crippen molar-refractivity contribution >= 4 is 35.5 Å². The van der Waals surface area contributed by atoms with Crippen molar-refractivity contribution in [3.8, 4) is 11.5 Å². The third kappa shape index (κ3) is 9.51. The van der Waals surface area contributed by atoms with Crippen molar-refractivity contribution in [2.75, 3.05) is 26.2 Å². The predicted octanol–water partition coefficient (Wildman–Crippen LogP) is 2.29. The van der Waals surface area contributed by atoms with Crippen LogP contribution in [0, 0.1) is 5.92 Å². The molecule has 3 amide bonds. The number of phenolic OH excluding ortho intramolecular Hbond substituents is 1. The number of carbonyl (C=O) groups excluding carboxylic acids is 4. The van der Waals surface area contributed by atoms with Crippen molar-refractivity contribution in [1.29, 1.82) is 0 Å². The van der Waals surface area contributed by atoms with E-state index in [1.807, 2.05) is 36.6 Å². The first-order valence-corrected chi connectivity index (χ1v) is 13.9. The Bertz CT molecular complexity index is 1130. The van der Waals surface area contributed by atoms with E-state index in [0.717, 1.165) is 5.56 Å². The van der Waals surface area contributed by atoms with Gasteiger partial charge in [-0.25, -0.2) is 4.79 Å². The van der Waals surface area contributed by atoms with Gasteiger partial charge in [0.05, 0.1) is 14.2 Å². The van der Waals surface area contributed by atoms with Crippen LogP contribution in [-0.4, -0.2) is 73.2 Å². The summed E-state index contributed by atoms with van der Waals surface area (Å²) in [5, 5.41) is 18.2. The molecule has 0 heterocycles. The molecular formula is C28H37N3O7S. The number of esters is 1. The molecule has 0 radical (unpaired) electrons. The first-order valence-electron chi connectivity index (χ1n) is 12.5. The molecule has 4 N–H and O–H groups in total. The summed E-state index contributed by atoms with van der Waals surface area (Å²) in [5.41, 5.74) is 0.940. The lowest BCUT2D eigenvalue weighted by Gasteiger charge is -2.26.